The zero-order valence-corrected chi connectivity index (χ0v) is 30.7. The first-order valence-corrected chi connectivity index (χ1v) is 18.5. The Morgan fingerprint density at radius 1 is 0.943 bits per heavy atom. The summed E-state index contributed by atoms with van der Waals surface area (Å²) in [6, 6.07) is 22.0. The Kier molecular flexibility index (Phi) is 11.8. The number of ketones is 1. The Labute approximate surface area is 310 Å². The van der Waals surface area contributed by atoms with Gasteiger partial charge < -0.3 is 24.6 Å². The minimum atomic E-state index is -1.39. The minimum absolute atomic E-state index is 0.00441. The summed E-state index contributed by atoms with van der Waals surface area (Å²) < 4.78 is 39.6. The molecule has 0 radical (unpaired) electrons. The van der Waals surface area contributed by atoms with Crippen LogP contribution >= 0.6 is 0 Å². The average molecular weight is 726 g/mol. The molecule has 7 rings (SSSR count). The average Bonchev–Trinajstić information content (AvgIpc) is 3.39. The third-order valence-electron chi connectivity index (χ3n) is 11.5. The number of carbonyl (C=O) groups excluding carboxylic acids is 2. The van der Waals surface area contributed by atoms with E-state index in [0.29, 0.717) is 81.4 Å². The smallest absolute Gasteiger partial charge is 0.410 e. The molecular formula is C44H49F2NO6. The molecule has 0 saturated heterocycles. The van der Waals surface area contributed by atoms with Crippen molar-refractivity contribution < 1.29 is 38.1 Å². The Bertz CT molecular complexity index is 2000. The predicted octanol–water partition coefficient (Wildman–Crippen LogP) is 8.93. The molecule has 3 aliphatic carbocycles. The van der Waals surface area contributed by atoms with Gasteiger partial charge in [-0.1, -0.05) is 61.0 Å². The van der Waals surface area contributed by atoms with Gasteiger partial charge in [-0.25, -0.2) is 13.6 Å². The van der Waals surface area contributed by atoms with Crippen molar-refractivity contribution in [1.82, 2.24) is 4.90 Å². The van der Waals surface area contributed by atoms with Gasteiger partial charge in [0.25, 0.3) is 0 Å². The quantitative estimate of drug-likeness (QED) is 0.102. The molecule has 4 atom stereocenters. The van der Waals surface area contributed by atoms with Crippen molar-refractivity contribution in [3.8, 4) is 5.75 Å². The van der Waals surface area contributed by atoms with Crippen LogP contribution in [0.25, 0.3) is 10.8 Å². The monoisotopic (exact) mass is 725 g/mol. The number of aliphatic hydroxyl groups is 2. The molecule has 4 unspecified atom stereocenters. The highest BCUT2D eigenvalue weighted by molar-refractivity contribution is 6.10. The van der Waals surface area contributed by atoms with Gasteiger partial charge in [-0.3, -0.25) is 4.79 Å². The lowest BCUT2D eigenvalue weighted by atomic mass is 9.64. The number of ether oxygens (including phenoxy) is 2. The first-order chi connectivity index (χ1) is 25.4. The van der Waals surface area contributed by atoms with Crippen LogP contribution in [-0.2, 0) is 11.2 Å². The molecule has 0 aromatic heterocycles. The fraction of sp³-hybridized carbons (Fsp3) is 0.409. The molecule has 1 saturated carbocycles. The maximum absolute atomic E-state index is 14.4. The second-order valence-electron chi connectivity index (χ2n) is 15.1. The fourth-order valence-electron chi connectivity index (χ4n) is 8.34. The van der Waals surface area contributed by atoms with Crippen molar-refractivity contribution in [3.63, 3.8) is 0 Å². The number of fused-ring (bicyclic) bond motifs is 9. The zero-order chi connectivity index (χ0) is 37.8. The second kappa shape index (κ2) is 16.3. The molecule has 0 aliphatic heterocycles. The van der Waals surface area contributed by atoms with Crippen molar-refractivity contribution in [3.05, 3.63) is 124 Å². The lowest BCUT2D eigenvalue weighted by Gasteiger charge is -2.46. The van der Waals surface area contributed by atoms with E-state index in [1.54, 1.807) is 24.1 Å². The van der Waals surface area contributed by atoms with Crippen molar-refractivity contribution in [2.24, 2.45) is 5.41 Å². The second-order valence-corrected chi connectivity index (χ2v) is 15.1. The highest BCUT2D eigenvalue weighted by atomic mass is 19.2. The van der Waals surface area contributed by atoms with E-state index in [0.717, 1.165) is 34.0 Å². The molecule has 280 valence electrons. The summed E-state index contributed by atoms with van der Waals surface area (Å²) in [5.41, 5.74) is 0.714. The van der Waals surface area contributed by atoms with Crippen LogP contribution in [-0.4, -0.2) is 65.5 Å². The van der Waals surface area contributed by atoms with E-state index in [1.165, 1.54) is 6.07 Å². The van der Waals surface area contributed by atoms with E-state index < -0.39 is 40.6 Å². The molecule has 2 bridgehead atoms. The minimum Gasteiger partial charge on any atom is -0.410 e. The van der Waals surface area contributed by atoms with Gasteiger partial charge in [0.15, 0.2) is 17.4 Å². The molecule has 1 amide bonds. The number of methoxy groups -OCH3 is 1. The van der Waals surface area contributed by atoms with Crippen LogP contribution in [0.1, 0.15) is 91.8 Å². The molecule has 2 N–H and O–H groups in total. The first-order valence-electron chi connectivity index (χ1n) is 18.5. The summed E-state index contributed by atoms with van der Waals surface area (Å²) in [6.45, 7) is 4.78. The number of nitrogens with zero attached hydrogens (tertiary/aromatic N) is 1. The topological polar surface area (TPSA) is 96.3 Å². The molecule has 0 heterocycles. The Morgan fingerprint density at radius 3 is 2.51 bits per heavy atom. The largest absolute Gasteiger partial charge is 0.415 e. The third-order valence-corrected chi connectivity index (χ3v) is 11.5. The number of carbonyl (C=O) groups is 2. The number of allylic oxidation sites excluding steroid dienone is 2. The van der Waals surface area contributed by atoms with E-state index in [2.05, 4.69) is 6.08 Å². The van der Waals surface area contributed by atoms with E-state index in [9.17, 15) is 28.6 Å². The summed E-state index contributed by atoms with van der Waals surface area (Å²) in [5.74, 6) is -2.55. The van der Waals surface area contributed by atoms with E-state index in [-0.39, 0.29) is 18.0 Å². The maximum Gasteiger partial charge on any atom is 0.415 e. The Hall–Kier alpha value is -4.44. The molecule has 53 heavy (non-hydrogen) atoms. The van der Waals surface area contributed by atoms with Gasteiger partial charge in [-0.15, -0.1) is 0 Å². The van der Waals surface area contributed by atoms with Crippen LogP contribution in [0.2, 0.25) is 0 Å². The number of hydrogen-bond donors (Lipinski definition) is 2. The summed E-state index contributed by atoms with van der Waals surface area (Å²) >= 11 is 0. The van der Waals surface area contributed by atoms with Crippen LogP contribution in [0.3, 0.4) is 0 Å². The van der Waals surface area contributed by atoms with Gasteiger partial charge in [0, 0.05) is 36.8 Å². The fourth-order valence-corrected chi connectivity index (χ4v) is 8.34. The molecular weight excluding hydrogens is 676 g/mol. The first kappa shape index (κ1) is 38.3. The highest BCUT2D eigenvalue weighted by Gasteiger charge is 2.57. The summed E-state index contributed by atoms with van der Waals surface area (Å²) in [4.78, 5) is 29.7. The van der Waals surface area contributed by atoms with Crippen LogP contribution in [0, 0.1) is 17.0 Å². The summed E-state index contributed by atoms with van der Waals surface area (Å²) in [7, 11) is 1.60. The summed E-state index contributed by atoms with van der Waals surface area (Å²) in [5, 5.41) is 25.7. The standard InChI is InChI=1S/C44H49F2NO6/c1-29-8-6-20-43(2)38(36-17-12-30(24-34(48)15-11-29)25-37(36)41(49)33-14-18-39(45)40(46)27-33)19-21-44(43,51)28-47(22-7-23-52-3)42(50)53-35-16-13-31-9-4-5-10-32(31)26-35/h4-5,8-10,12-14,16-18,25-27,34,38,48,51H,6-7,11,15,19-24,28H2,1-3H3. The number of halogens is 2. The molecule has 4 aromatic carbocycles. The predicted molar refractivity (Wildman–Crippen MR) is 201 cm³/mol. The van der Waals surface area contributed by atoms with Gasteiger partial charge in [0.2, 0.25) is 0 Å². The Balaban J connectivity index is 1.38. The highest BCUT2D eigenvalue weighted by Crippen LogP contribution is 2.59. The molecule has 4 aromatic rings. The molecule has 9 heteroatoms. The Morgan fingerprint density at radius 2 is 1.74 bits per heavy atom. The number of rotatable bonds is 9. The van der Waals surface area contributed by atoms with E-state index in [1.807, 2.05) is 62.4 Å². The van der Waals surface area contributed by atoms with Crippen LogP contribution in [0.4, 0.5) is 13.6 Å². The van der Waals surface area contributed by atoms with Crippen molar-refractivity contribution >= 4 is 22.6 Å². The zero-order valence-electron chi connectivity index (χ0n) is 30.7. The maximum atomic E-state index is 14.4. The van der Waals surface area contributed by atoms with Crippen molar-refractivity contribution in [1.29, 1.82) is 0 Å². The van der Waals surface area contributed by atoms with Gasteiger partial charge in [0.05, 0.1) is 18.2 Å². The lowest BCUT2D eigenvalue weighted by molar-refractivity contribution is -0.0795. The molecule has 3 aliphatic rings. The lowest BCUT2D eigenvalue weighted by Crippen LogP contribution is -2.54. The van der Waals surface area contributed by atoms with E-state index in [4.69, 9.17) is 9.47 Å². The van der Waals surface area contributed by atoms with Crippen LogP contribution < -0.4 is 4.74 Å². The van der Waals surface area contributed by atoms with Crippen LogP contribution in [0.5, 0.6) is 5.75 Å². The number of amides is 1. The molecule has 7 nitrogen and oxygen atoms in total. The van der Waals surface area contributed by atoms with Crippen molar-refractivity contribution in [2.75, 3.05) is 26.8 Å². The SMILES string of the molecule is COCCCN(CC1(O)CCC2c3ccc(cc3C(=O)c3ccc(F)c(F)c3)CC(O)CCC(C)=CCCC21C)C(=O)Oc1ccc2ccccc2c1. The van der Waals surface area contributed by atoms with Gasteiger partial charge in [-0.05, 0) is 123 Å². The van der Waals surface area contributed by atoms with Gasteiger partial charge in [0.1, 0.15) is 5.75 Å². The third kappa shape index (κ3) is 8.38. The molecule has 1 fully saturated rings. The number of aliphatic hydroxyl groups excluding tert-OH is 1. The van der Waals surface area contributed by atoms with Crippen LogP contribution in [0.15, 0.2) is 90.5 Å². The van der Waals surface area contributed by atoms with E-state index >= 15 is 0 Å². The van der Waals surface area contributed by atoms with Crippen molar-refractivity contribution in [2.45, 2.75) is 82.8 Å². The number of hydrogen-bond acceptors (Lipinski definition) is 6. The number of benzene rings is 4. The normalized spacial score (nSPS) is 23.3. The molecule has 0 spiro atoms. The summed E-state index contributed by atoms with van der Waals surface area (Å²) in [6.07, 6.45) is 5.07. The van der Waals surface area contributed by atoms with Gasteiger partial charge in [-0.2, -0.15) is 0 Å². The van der Waals surface area contributed by atoms with Gasteiger partial charge >= 0.3 is 6.09 Å².